The average molecular weight is 461 g/mol. The first-order valence-corrected chi connectivity index (χ1v) is 10.7. The number of amides is 1. The van der Waals surface area contributed by atoms with E-state index in [1.54, 1.807) is 32.4 Å². The molecule has 4 N–H and O–H groups in total. The molecule has 12 nitrogen and oxygen atoms in total. The zero-order valence-corrected chi connectivity index (χ0v) is 18.6. The van der Waals surface area contributed by atoms with Gasteiger partial charge < -0.3 is 20.3 Å². The van der Waals surface area contributed by atoms with Crippen LogP contribution in [0.2, 0.25) is 0 Å². The van der Waals surface area contributed by atoms with Crippen molar-refractivity contribution in [3.63, 3.8) is 0 Å². The molecule has 1 saturated carbocycles. The SMILES string of the molecule is CN(C)C(=O)c1cccc(CNc2nc(=NC3CC3)n3nc/c(=C/c4[nH]c(=O)[nH]c4O)c3n2)c1. The van der Waals surface area contributed by atoms with Gasteiger partial charge in [-0.25, -0.2) is 9.79 Å². The molecule has 0 radical (unpaired) electrons. The number of carbonyl (C=O) groups is 1. The lowest BCUT2D eigenvalue weighted by atomic mass is 10.1. The highest BCUT2D eigenvalue weighted by Crippen LogP contribution is 2.22. The highest BCUT2D eigenvalue weighted by molar-refractivity contribution is 5.94. The van der Waals surface area contributed by atoms with E-state index in [0.29, 0.717) is 34.5 Å². The molecule has 0 atom stereocenters. The summed E-state index contributed by atoms with van der Waals surface area (Å²) in [6.07, 6.45) is 5.14. The zero-order chi connectivity index (χ0) is 23.8. The van der Waals surface area contributed by atoms with Gasteiger partial charge in [-0.2, -0.15) is 19.6 Å². The molecule has 5 rings (SSSR count). The van der Waals surface area contributed by atoms with Crippen molar-refractivity contribution >= 4 is 23.6 Å². The highest BCUT2D eigenvalue weighted by atomic mass is 16.3. The van der Waals surface area contributed by atoms with E-state index in [4.69, 9.17) is 0 Å². The Hall–Kier alpha value is -4.48. The van der Waals surface area contributed by atoms with Crippen molar-refractivity contribution in [1.29, 1.82) is 0 Å². The van der Waals surface area contributed by atoms with E-state index < -0.39 is 5.69 Å². The number of rotatable bonds is 6. The molecule has 0 aliphatic heterocycles. The summed E-state index contributed by atoms with van der Waals surface area (Å²) in [5.41, 5.74) is 2.07. The molecule has 1 fully saturated rings. The Morgan fingerprint density at radius 3 is 2.85 bits per heavy atom. The fourth-order valence-electron chi connectivity index (χ4n) is 3.41. The lowest BCUT2D eigenvalue weighted by Gasteiger charge is -2.11. The topological polar surface area (TPSA) is 157 Å². The number of carbonyl (C=O) groups excluding carboxylic acids is 1. The summed E-state index contributed by atoms with van der Waals surface area (Å²) in [6, 6.07) is 7.56. The lowest BCUT2D eigenvalue weighted by Crippen LogP contribution is -2.25. The number of H-pyrrole nitrogens is 2. The van der Waals surface area contributed by atoms with Gasteiger partial charge in [0.05, 0.1) is 12.2 Å². The molecule has 1 aliphatic rings. The standard InChI is InChI=1S/C22H23N9O3/c1-30(2)19(33)13-5-3-4-12(8-13)10-23-20-27-17-14(9-16-18(32)28-22(34)26-16)11-24-31(17)21(29-20)25-15-6-7-15/h3-5,8-9,11,15,32H,6-7,10H2,1-2H3,(H,23,25,29)(H2,26,28,34)/b14-9-. The van der Waals surface area contributed by atoms with E-state index in [0.717, 1.165) is 18.4 Å². The first-order valence-electron chi connectivity index (χ1n) is 10.7. The summed E-state index contributed by atoms with van der Waals surface area (Å²) in [4.78, 5) is 43.8. The van der Waals surface area contributed by atoms with Crippen LogP contribution in [0.4, 0.5) is 5.95 Å². The summed E-state index contributed by atoms with van der Waals surface area (Å²) in [5.74, 6) is 0.000464. The third kappa shape index (κ3) is 4.37. The number of benzene rings is 1. The Morgan fingerprint density at radius 1 is 1.32 bits per heavy atom. The molecule has 34 heavy (non-hydrogen) atoms. The van der Waals surface area contributed by atoms with Crippen LogP contribution < -0.4 is 21.8 Å². The molecule has 1 aromatic carbocycles. The minimum atomic E-state index is -0.517. The summed E-state index contributed by atoms with van der Waals surface area (Å²) in [7, 11) is 3.43. The second-order valence-corrected chi connectivity index (χ2v) is 8.28. The zero-order valence-electron chi connectivity index (χ0n) is 18.6. The largest absolute Gasteiger partial charge is 0.493 e. The van der Waals surface area contributed by atoms with E-state index in [1.165, 1.54) is 9.42 Å². The first-order chi connectivity index (χ1) is 16.4. The number of fused-ring (bicyclic) bond motifs is 1. The predicted molar refractivity (Wildman–Crippen MR) is 123 cm³/mol. The van der Waals surface area contributed by atoms with Crippen molar-refractivity contribution < 1.29 is 9.90 Å². The van der Waals surface area contributed by atoms with E-state index in [2.05, 4.69) is 35.3 Å². The van der Waals surface area contributed by atoms with E-state index >= 15 is 0 Å². The van der Waals surface area contributed by atoms with Crippen molar-refractivity contribution in [2.45, 2.75) is 25.4 Å². The summed E-state index contributed by atoms with van der Waals surface area (Å²) in [6.45, 7) is 0.396. The van der Waals surface area contributed by atoms with Crippen LogP contribution >= 0.6 is 0 Å². The Morgan fingerprint density at radius 2 is 2.15 bits per heavy atom. The van der Waals surface area contributed by atoms with Crippen LogP contribution in [0.15, 0.2) is 40.2 Å². The van der Waals surface area contributed by atoms with Crippen molar-refractivity contribution in [1.82, 2.24) is 34.4 Å². The van der Waals surface area contributed by atoms with Crippen LogP contribution in [0.1, 0.15) is 34.5 Å². The highest BCUT2D eigenvalue weighted by Gasteiger charge is 2.21. The van der Waals surface area contributed by atoms with Gasteiger partial charge in [-0.15, -0.1) is 0 Å². The van der Waals surface area contributed by atoms with Gasteiger partial charge in [-0.05, 0) is 36.6 Å². The molecule has 3 aromatic heterocycles. The maximum absolute atomic E-state index is 12.3. The summed E-state index contributed by atoms with van der Waals surface area (Å²) < 4.78 is 1.54. The van der Waals surface area contributed by atoms with Gasteiger partial charge in [0.1, 0.15) is 5.69 Å². The van der Waals surface area contributed by atoms with Crippen LogP contribution in [0.5, 0.6) is 5.88 Å². The smallest absolute Gasteiger partial charge is 0.326 e. The van der Waals surface area contributed by atoms with Gasteiger partial charge in [0.15, 0.2) is 5.65 Å². The molecule has 0 saturated heterocycles. The number of nitrogens with zero attached hydrogens (tertiary/aromatic N) is 6. The molecule has 3 heterocycles. The third-order valence-electron chi connectivity index (χ3n) is 5.29. The summed E-state index contributed by atoms with van der Waals surface area (Å²) >= 11 is 0. The quantitative estimate of drug-likeness (QED) is 0.309. The number of aromatic hydroxyl groups is 1. The number of aromatic amines is 2. The van der Waals surface area contributed by atoms with E-state index in [-0.39, 0.29) is 23.5 Å². The number of imidazole rings is 1. The Labute approximate surface area is 192 Å². The Kier molecular flexibility index (Phi) is 5.32. The Bertz CT molecular complexity index is 1560. The molecule has 1 aliphatic carbocycles. The number of aromatic nitrogens is 6. The number of nitrogens with one attached hydrogen (secondary N) is 3. The van der Waals surface area contributed by atoms with Crippen molar-refractivity contribution in [2.24, 2.45) is 4.99 Å². The molecule has 4 aromatic rings. The van der Waals surface area contributed by atoms with E-state index in [1.807, 2.05) is 18.2 Å². The monoisotopic (exact) mass is 461 g/mol. The molecule has 0 spiro atoms. The third-order valence-corrected chi connectivity index (χ3v) is 5.29. The maximum atomic E-state index is 12.3. The molecule has 0 bridgehead atoms. The summed E-state index contributed by atoms with van der Waals surface area (Å²) in [5, 5.41) is 18.0. The maximum Gasteiger partial charge on any atom is 0.326 e. The second kappa shape index (κ2) is 8.46. The van der Waals surface area contributed by atoms with Crippen LogP contribution in [0.25, 0.3) is 11.7 Å². The fourth-order valence-corrected chi connectivity index (χ4v) is 3.41. The normalized spacial score (nSPS) is 14.6. The predicted octanol–water partition coefficient (Wildman–Crippen LogP) is -0.229. The average Bonchev–Trinajstić information content (AvgIpc) is 3.45. The second-order valence-electron chi connectivity index (χ2n) is 8.28. The van der Waals surface area contributed by atoms with Crippen LogP contribution in [0.3, 0.4) is 0 Å². The number of hydrogen-bond acceptors (Lipinski definition) is 8. The molecular formula is C22H23N9O3. The van der Waals surface area contributed by atoms with Crippen LogP contribution in [-0.2, 0) is 6.54 Å². The van der Waals surface area contributed by atoms with Gasteiger partial charge in [0.2, 0.25) is 11.8 Å². The first kappa shape index (κ1) is 21.4. The number of hydrogen-bond donors (Lipinski definition) is 4. The van der Waals surface area contributed by atoms with Crippen molar-refractivity contribution in [3.8, 4) is 5.88 Å². The minimum absolute atomic E-state index is 0.0736. The van der Waals surface area contributed by atoms with Gasteiger partial charge in [-0.3, -0.25) is 9.78 Å². The molecular weight excluding hydrogens is 438 g/mol. The molecule has 12 heteroatoms. The van der Waals surface area contributed by atoms with Gasteiger partial charge >= 0.3 is 5.69 Å². The fraction of sp³-hybridized carbons (Fsp3) is 0.273. The molecule has 174 valence electrons. The van der Waals surface area contributed by atoms with Gasteiger partial charge in [0.25, 0.3) is 11.5 Å². The molecule has 1 amide bonds. The van der Waals surface area contributed by atoms with E-state index in [9.17, 15) is 14.7 Å². The number of anilines is 1. The minimum Gasteiger partial charge on any atom is -0.493 e. The molecule has 0 unspecified atom stereocenters. The Balaban J connectivity index is 1.52. The van der Waals surface area contributed by atoms with Gasteiger partial charge in [0, 0.05) is 31.4 Å². The van der Waals surface area contributed by atoms with Crippen LogP contribution in [-0.4, -0.2) is 65.6 Å². The van der Waals surface area contributed by atoms with Crippen molar-refractivity contribution in [3.05, 3.63) is 68.6 Å². The van der Waals surface area contributed by atoms with Crippen LogP contribution in [0, 0.1) is 0 Å². The van der Waals surface area contributed by atoms with Gasteiger partial charge in [-0.1, -0.05) is 12.1 Å². The lowest BCUT2D eigenvalue weighted by molar-refractivity contribution is 0.0827. The van der Waals surface area contributed by atoms with Crippen molar-refractivity contribution in [2.75, 3.05) is 19.4 Å².